The Morgan fingerprint density at radius 1 is 0.950 bits per heavy atom. The standard InChI is InChI=1S/C16H15Cl3O/c17-10-9-16(20,13-6-2-1-3-7-13)11-12-5-4-8-14(18)15(12)19/h1-8,20H,9-11H2. The third kappa shape index (κ3) is 3.48. The lowest BCUT2D eigenvalue weighted by atomic mass is 9.85. The van der Waals surface area contributed by atoms with Gasteiger partial charge in [0.1, 0.15) is 0 Å². The third-order valence-corrected chi connectivity index (χ3v) is 4.38. The van der Waals surface area contributed by atoms with Crippen LogP contribution in [0.4, 0.5) is 0 Å². The molecule has 1 unspecified atom stereocenters. The van der Waals surface area contributed by atoms with Crippen molar-refractivity contribution in [2.24, 2.45) is 0 Å². The number of alkyl halides is 1. The molecule has 1 N–H and O–H groups in total. The molecule has 2 aromatic carbocycles. The first-order chi connectivity index (χ1) is 9.57. The number of hydrogen-bond acceptors (Lipinski definition) is 1. The van der Waals surface area contributed by atoms with Crippen molar-refractivity contribution in [3.8, 4) is 0 Å². The van der Waals surface area contributed by atoms with Crippen molar-refractivity contribution < 1.29 is 5.11 Å². The Morgan fingerprint density at radius 3 is 2.30 bits per heavy atom. The molecule has 0 saturated heterocycles. The van der Waals surface area contributed by atoms with Crippen LogP contribution in [-0.2, 0) is 12.0 Å². The molecule has 0 radical (unpaired) electrons. The maximum absolute atomic E-state index is 11.0. The summed E-state index contributed by atoms with van der Waals surface area (Å²) in [6.07, 6.45) is 0.824. The fourth-order valence-electron chi connectivity index (χ4n) is 2.24. The fraction of sp³-hybridized carbons (Fsp3) is 0.250. The van der Waals surface area contributed by atoms with E-state index < -0.39 is 5.60 Å². The highest BCUT2D eigenvalue weighted by Gasteiger charge is 2.29. The molecule has 0 spiro atoms. The molecule has 106 valence electrons. The van der Waals surface area contributed by atoms with E-state index in [4.69, 9.17) is 34.8 Å². The van der Waals surface area contributed by atoms with Gasteiger partial charge in [0.25, 0.3) is 0 Å². The van der Waals surface area contributed by atoms with Gasteiger partial charge in [0.2, 0.25) is 0 Å². The van der Waals surface area contributed by atoms with Crippen LogP contribution in [0.2, 0.25) is 10.0 Å². The van der Waals surface area contributed by atoms with Crippen LogP contribution < -0.4 is 0 Å². The van der Waals surface area contributed by atoms with Gasteiger partial charge in [-0.05, 0) is 23.6 Å². The summed E-state index contributed by atoms with van der Waals surface area (Å²) in [7, 11) is 0. The topological polar surface area (TPSA) is 20.2 Å². The van der Waals surface area contributed by atoms with Crippen LogP contribution in [0.25, 0.3) is 0 Å². The van der Waals surface area contributed by atoms with Gasteiger partial charge in [-0.3, -0.25) is 0 Å². The molecule has 20 heavy (non-hydrogen) atoms. The molecule has 0 aliphatic rings. The van der Waals surface area contributed by atoms with Gasteiger partial charge in [0, 0.05) is 12.3 Å². The molecule has 0 saturated carbocycles. The Hall–Kier alpha value is -0.730. The van der Waals surface area contributed by atoms with Crippen LogP contribution in [0.3, 0.4) is 0 Å². The summed E-state index contributed by atoms with van der Waals surface area (Å²) in [6, 6.07) is 14.9. The van der Waals surface area contributed by atoms with Gasteiger partial charge >= 0.3 is 0 Å². The maximum Gasteiger partial charge on any atom is 0.0948 e. The summed E-state index contributed by atoms with van der Waals surface area (Å²) >= 11 is 18.1. The van der Waals surface area contributed by atoms with Crippen molar-refractivity contribution in [2.45, 2.75) is 18.4 Å². The average Bonchev–Trinajstić information content (AvgIpc) is 2.45. The van der Waals surface area contributed by atoms with Crippen molar-refractivity contribution in [1.29, 1.82) is 0 Å². The normalized spacial score (nSPS) is 14.0. The van der Waals surface area contributed by atoms with E-state index >= 15 is 0 Å². The molecule has 2 aromatic rings. The molecule has 0 heterocycles. The van der Waals surface area contributed by atoms with Gasteiger partial charge in [0.15, 0.2) is 0 Å². The maximum atomic E-state index is 11.0. The lowest BCUT2D eigenvalue weighted by Gasteiger charge is -2.28. The predicted octanol–water partition coefficient (Wildman–Crippen LogP) is 5.05. The molecular weight excluding hydrogens is 315 g/mol. The van der Waals surface area contributed by atoms with Crippen LogP contribution in [0.1, 0.15) is 17.5 Å². The van der Waals surface area contributed by atoms with Crippen molar-refractivity contribution in [3.63, 3.8) is 0 Å². The minimum Gasteiger partial charge on any atom is -0.385 e. The van der Waals surface area contributed by atoms with Crippen molar-refractivity contribution in [1.82, 2.24) is 0 Å². The molecule has 1 atom stereocenters. The second-order valence-corrected chi connectivity index (χ2v) is 5.89. The summed E-state index contributed by atoms with van der Waals surface area (Å²) in [5, 5.41) is 11.9. The Labute approximate surface area is 134 Å². The summed E-state index contributed by atoms with van der Waals surface area (Å²) < 4.78 is 0. The largest absolute Gasteiger partial charge is 0.385 e. The van der Waals surface area contributed by atoms with E-state index in [0.717, 1.165) is 11.1 Å². The SMILES string of the molecule is OC(CCCl)(Cc1cccc(Cl)c1Cl)c1ccccc1. The molecule has 0 amide bonds. The minimum atomic E-state index is -1.04. The summed E-state index contributed by atoms with van der Waals surface area (Å²) in [5.41, 5.74) is 0.601. The number of aliphatic hydroxyl groups is 1. The highest BCUT2D eigenvalue weighted by Crippen LogP contribution is 2.34. The summed E-state index contributed by atoms with van der Waals surface area (Å²) in [6.45, 7) is 0. The van der Waals surface area contributed by atoms with Gasteiger partial charge in [0.05, 0.1) is 15.6 Å². The van der Waals surface area contributed by atoms with Crippen LogP contribution in [0, 0.1) is 0 Å². The second kappa shape index (κ2) is 6.82. The zero-order chi connectivity index (χ0) is 14.6. The number of halogens is 3. The van der Waals surface area contributed by atoms with E-state index in [1.165, 1.54) is 0 Å². The fourth-order valence-corrected chi connectivity index (χ4v) is 2.94. The van der Waals surface area contributed by atoms with Gasteiger partial charge < -0.3 is 5.11 Å². The Kier molecular flexibility index (Phi) is 5.34. The van der Waals surface area contributed by atoms with E-state index in [2.05, 4.69) is 0 Å². The highest BCUT2D eigenvalue weighted by molar-refractivity contribution is 6.42. The molecule has 0 fully saturated rings. The summed E-state index contributed by atoms with van der Waals surface area (Å²) in [5.74, 6) is 0.365. The smallest absolute Gasteiger partial charge is 0.0948 e. The van der Waals surface area contributed by atoms with Gasteiger partial charge in [-0.15, -0.1) is 11.6 Å². The van der Waals surface area contributed by atoms with Crippen molar-refractivity contribution >= 4 is 34.8 Å². The first kappa shape index (κ1) is 15.7. The Bertz CT molecular complexity index is 571. The lowest BCUT2D eigenvalue weighted by Crippen LogP contribution is -2.29. The predicted molar refractivity (Wildman–Crippen MR) is 85.8 cm³/mol. The molecule has 0 aliphatic heterocycles. The van der Waals surface area contributed by atoms with Crippen LogP contribution in [0.5, 0.6) is 0 Å². The van der Waals surface area contributed by atoms with E-state index in [9.17, 15) is 5.11 Å². The average molecular weight is 330 g/mol. The van der Waals surface area contributed by atoms with E-state index in [1.807, 2.05) is 42.5 Å². The first-order valence-corrected chi connectivity index (χ1v) is 7.62. The van der Waals surface area contributed by atoms with Gasteiger partial charge in [-0.25, -0.2) is 0 Å². The Balaban J connectivity index is 2.37. The molecule has 2 rings (SSSR count). The van der Waals surface area contributed by atoms with Crippen LogP contribution in [0.15, 0.2) is 48.5 Å². The lowest BCUT2D eigenvalue weighted by molar-refractivity contribution is 0.0337. The third-order valence-electron chi connectivity index (χ3n) is 3.33. The second-order valence-electron chi connectivity index (χ2n) is 4.73. The molecular formula is C16H15Cl3O. The zero-order valence-electron chi connectivity index (χ0n) is 10.8. The van der Waals surface area contributed by atoms with Gasteiger partial charge in [-0.1, -0.05) is 65.7 Å². The minimum absolute atomic E-state index is 0.365. The van der Waals surface area contributed by atoms with E-state index in [1.54, 1.807) is 6.07 Å². The monoisotopic (exact) mass is 328 g/mol. The molecule has 1 nitrogen and oxygen atoms in total. The number of rotatable bonds is 5. The van der Waals surface area contributed by atoms with Crippen molar-refractivity contribution in [2.75, 3.05) is 5.88 Å². The van der Waals surface area contributed by atoms with Crippen LogP contribution in [-0.4, -0.2) is 11.0 Å². The first-order valence-electron chi connectivity index (χ1n) is 6.33. The Morgan fingerprint density at radius 2 is 1.65 bits per heavy atom. The number of hydrogen-bond donors (Lipinski definition) is 1. The van der Waals surface area contributed by atoms with Crippen LogP contribution >= 0.6 is 34.8 Å². The molecule has 0 bridgehead atoms. The molecule has 0 aromatic heterocycles. The molecule has 4 heteroatoms. The zero-order valence-corrected chi connectivity index (χ0v) is 13.1. The molecule has 0 aliphatic carbocycles. The van der Waals surface area contributed by atoms with Gasteiger partial charge in [-0.2, -0.15) is 0 Å². The quantitative estimate of drug-likeness (QED) is 0.761. The number of benzene rings is 2. The highest BCUT2D eigenvalue weighted by atomic mass is 35.5. The van der Waals surface area contributed by atoms with E-state index in [-0.39, 0.29) is 0 Å². The summed E-state index contributed by atoms with van der Waals surface area (Å²) in [4.78, 5) is 0. The van der Waals surface area contributed by atoms with Crippen molar-refractivity contribution in [3.05, 3.63) is 69.7 Å². The van der Waals surface area contributed by atoms with E-state index in [0.29, 0.717) is 28.8 Å².